The van der Waals surface area contributed by atoms with Crippen molar-refractivity contribution in [1.82, 2.24) is 4.90 Å². The number of amides is 1. The Kier molecular flexibility index (Phi) is 7.45. The summed E-state index contributed by atoms with van der Waals surface area (Å²) in [5.74, 6) is 1.02. The number of carbonyl (C=O) groups is 1. The minimum atomic E-state index is -3.60. The predicted octanol–water partition coefficient (Wildman–Crippen LogP) is 3.72. The van der Waals surface area contributed by atoms with Crippen molar-refractivity contribution in [3.8, 4) is 11.5 Å². The fourth-order valence-electron chi connectivity index (χ4n) is 2.70. The normalized spacial score (nSPS) is 11.3. The molecule has 0 aromatic heterocycles. The summed E-state index contributed by atoms with van der Waals surface area (Å²) in [5.41, 5.74) is 1.37. The van der Waals surface area contributed by atoms with Gasteiger partial charge in [0.25, 0.3) is 5.91 Å². The van der Waals surface area contributed by atoms with Crippen molar-refractivity contribution in [3.05, 3.63) is 59.7 Å². The highest BCUT2D eigenvalue weighted by molar-refractivity contribution is 7.87. The third-order valence-corrected chi connectivity index (χ3v) is 5.21. The van der Waals surface area contributed by atoms with Gasteiger partial charge in [-0.25, -0.2) is 0 Å². The smallest absolute Gasteiger partial charge is 0.308 e. The van der Waals surface area contributed by atoms with Gasteiger partial charge in [-0.2, -0.15) is 8.42 Å². The van der Waals surface area contributed by atoms with Crippen molar-refractivity contribution in [2.45, 2.75) is 27.3 Å². The minimum absolute atomic E-state index is 0.0937. The van der Waals surface area contributed by atoms with E-state index in [0.717, 1.165) is 5.56 Å². The van der Waals surface area contributed by atoms with Crippen LogP contribution in [0.25, 0.3) is 0 Å². The molecule has 0 heterocycles. The summed E-state index contributed by atoms with van der Waals surface area (Å²) < 4.78 is 33.6. The molecule has 0 radical (unpaired) electrons. The maximum absolute atomic E-state index is 13.0. The Balaban J connectivity index is 2.22. The van der Waals surface area contributed by atoms with Crippen LogP contribution in [0.15, 0.2) is 48.5 Å². The van der Waals surface area contributed by atoms with Crippen molar-refractivity contribution in [3.63, 3.8) is 0 Å². The molecule has 7 heteroatoms. The quantitative estimate of drug-likeness (QED) is 0.595. The SMILES string of the molecule is CCS(=O)(=O)Oc1cccc(CN(CC(C)C)C(=O)c2ccc(OC)cc2)c1. The molecule has 2 aromatic rings. The predicted molar refractivity (Wildman–Crippen MR) is 109 cm³/mol. The van der Waals surface area contributed by atoms with Crippen LogP contribution >= 0.6 is 0 Å². The summed E-state index contributed by atoms with van der Waals surface area (Å²) in [6, 6.07) is 13.8. The summed E-state index contributed by atoms with van der Waals surface area (Å²) in [5, 5.41) is 0. The molecule has 2 aromatic carbocycles. The molecular formula is C21H27NO5S. The molecule has 0 aliphatic rings. The number of benzene rings is 2. The highest BCUT2D eigenvalue weighted by Gasteiger charge is 2.18. The van der Waals surface area contributed by atoms with Gasteiger partial charge in [-0.3, -0.25) is 4.79 Å². The molecular weight excluding hydrogens is 378 g/mol. The third-order valence-electron chi connectivity index (χ3n) is 4.06. The van der Waals surface area contributed by atoms with Crippen LogP contribution in [0.3, 0.4) is 0 Å². The second-order valence-corrected chi connectivity index (χ2v) is 8.74. The lowest BCUT2D eigenvalue weighted by Crippen LogP contribution is -2.33. The molecule has 0 aliphatic carbocycles. The Bertz CT molecular complexity index is 891. The average Bonchev–Trinajstić information content (AvgIpc) is 2.66. The van der Waals surface area contributed by atoms with E-state index in [1.54, 1.807) is 54.5 Å². The highest BCUT2D eigenvalue weighted by atomic mass is 32.2. The van der Waals surface area contributed by atoms with Gasteiger partial charge in [0.1, 0.15) is 11.5 Å². The first-order valence-corrected chi connectivity index (χ1v) is 10.8. The Morgan fingerprint density at radius 2 is 1.75 bits per heavy atom. The van der Waals surface area contributed by atoms with Gasteiger partial charge in [0.15, 0.2) is 0 Å². The summed E-state index contributed by atoms with van der Waals surface area (Å²) in [6.07, 6.45) is 0. The Morgan fingerprint density at radius 1 is 1.07 bits per heavy atom. The molecule has 0 spiro atoms. The summed E-state index contributed by atoms with van der Waals surface area (Å²) in [4.78, 5) is 14.8. The number of carbonyl (C=O) groups excluding carboxylic acids is 1. The van der Waals surface area contributed by atoms with Gasteiger partial charge in [0, 0.05) is 18.7 Å². The van der Waals surface area contributed by atoms with E-state index < -0.39 is 10.1 Å². The van der Waals surface area contributed by atoms with Crippen LogP contribution in [0.2, 0.25) is 0 Å². The van der Waals surface area contributed by atoms with Crippen LogP contribution in [-0.2, 0) is 16.7 Å². The van der Waals surface area contributed by atoms with Crippen molar-refractivity contribution >= 4 is 16.0 Å². The molecule has 6 nitrogen and oxygen atoms in total. The van der Waals surface area contributed by atoms with E-state index >= 15 is 0 Å². The minimum Gasteiger partial charge on any atom is -0.497 e. The Labute approximate surface area is 167 Å². The van der Waals surface area contributed by atoms with Crippen LogP contribution in [-0.4, -0.2) is 38.6 Å². The Hall–Kier alpha value is -2.54. The molecule has 152 valence electrons. The average molecular weight is 406 g/mol. The van der Waals surface area contributed by atoms with E-state index in [4.69, 9.17) is 8.92 Å². The van der Waals surface area contributed by atoms with Gasteiger partial charge in [-0.15, -0.1) is 0 Å². The monoisotopic (exact) mass is 405 g/mol. The van der Waals surface area contributed by atoms with Crippen LogP contribution < -0.4 is 8.92 Å². The molecule has 0 N–H and O–H groups in total. The van der Waals surface area contributed by atoms with Crippen LogP contribution in [0.4, 0.5) is 0 Å². The van der Waals surface area contributed by atoms with E-state index in [0.29, 0.717) is 24.4 Å². The summed E-state index contributed by atoms with van der Waals surface area (Å²) in [6.45, 7) is 6.54. The molecule has 0 atom stereocenters. The first-order chi connectivity index (χ1) is 13.2. The van der Waals surface area contributed by atoms with E-state index in [1.807, 2.05) is 19.9 Å². The first-order valence-electron chi connectivity index (χ1n) is 9.18. The van der Waals surface area contributed by atoms with Crippen molar-refractivity contribution in [1.29, 1.82) is 0 Å². The summed E-state index contributed by atoms with van der Waals surface area (Å²) >= 11 is 0. The van der Waals surface area contributed by atoms with Crippen molar-refractivity contribution < 1.29 is 22.1 Å². The van der Waals surface area contributed by atoms with Crippen LogP contribution in [0.5, 0.6) is 11.5 Å². The van der Waals surface area contributed by atoms with Crippen LogP contribution in [0.1, 0.15) is 36.7 Å². The molecule has 0 fully saturated rings. The second-order valence-electron chi connectivity index (χ2n) is 6.89. The molecule has 2 rings (SSSR count). The van der Waals surface area contributed by atoms with E-state index in [-0.39, 0.29) is 23.3 Å². The lowest BCUT2D eigenvalue weighted by atomic mass is 10.1. The number of hydrogen-bond donors (Lipinski definition) is 0. The molecule has 0 unspecified atom stereocenters. The molecule has 0 saturated heterocycles. The number of hydrogen-bond acceptors (Lipinski definition) is 5. The zero-order valence-corrected chi connectivity index (χ0v) is 17.5. The van der Waals surface area contributed by atoms with Crippen LogP contribution in [0, 0.1) is 5.92 Å². The molecule has 0 bridgehead atoms. The number of rotatable bonds is 9. The molecule has 0 saturated carbocycles. The van der Waals surface area contributed by atoms with Crippen molar-refractivity contribution in [2.75, 3.05) is 19.4 Å². The van der Waals surface area contributed by atoms with E-state index in [2.05, 4.69) is 0 Å². The summed E-state index contributed by atoms with van der Waals surface area (Å²) in [7, 11) is -2.02. The van der Waals surface area contributed by atoms with Gasteiger partial charge in [0.2, 0.25) is 0 Å². The number of ether oxygens (including phenoxy) is 1. The first kappa shape index (κ1) is 21.8. The Morgan fingerprint density at radius 3 is 2.32 bits per heavy atom. The standard InChI is InChI=1S/C21H27NO5S/c1-5-28(24,25)27-20-8-6-7-17(13-20)15-22(14-16(2)3)21(23)18-9-11-19(26-4)12-10-18/h6-13,16H,5,14-15H2,1-4H3. The van der Waals surface area contributed by atoms with Gasteiger partial charge in [-0.05, 0) is 54.8 Å². The number of methoxy groups -OCH3 is 1. The molecule has 1 amide bonds. The zero-order valence-electron chi connectivity index (χ0n) is 16.7. The maximum Gasteiger partial charge on any atom is 0.308 e. The number of nitrogens with zero attached hydrogens (tertiary/aromatic N) is 1. The van der Waals surface area contributed by atoms with Gasteiger partial charge in [-0.1, -0.05) is 26.0 Å². The lowest BCUT2D eigenvalue weighted by Gasteiger charge is -2.25. The largest absolute Gasteiger partial charge is 0.497 e. The third kappa shape index (κ3) is 6.27. The van der Waals surface area contributed by atoms with Gasteiger partial charge in [0.05, 0.1) is 12.9 Å². The fourth-order valence-corrected chi connectivity index (χ4v) is 3.21. The van der Waals surface area contributed by atoms with Crippen molar-refractivity contribution in [2.24, 2.45) is 5.92 Å². The molecule has 0 aliphatic heterocycles. The lowest BCUT2D eigenvalue weighted by molar-refractivity contribution is 0.0722. The second kappa shape index (κ2) is 9.59. The molecule has 28 heavy (non-hydrogen) atoms. The maximum atomic E-state index is 13.0. The van der Waals surface area contributed by atoms with E-state index in [9.17, 15) is 13.2 Å². The highest BCUT2D eigenvalue weighted by Crippen LogP contribution is 2.20. The van der Waals surface area contributed by atoms with Gasteiger partial charge < -0.3 is 13.8 Å². The van der Waals surface area contributed by atoms with Gasteiger partial charge >= 0.3 is 10.1 Å². The topological polar surface area (TPSA) is 72.9 Å². The van der Waals surface area contributed by atoms with E-state index in [1.165, 1.54) is 6.92 Å². The zero-order chi connectivity index (χ0) is 20.7. The fraction of sp³-hybridized carbons (Fsp3) is 0.381.